The monoisotopic (exact) mass is 427 g/mol. The minimum Gasteiger partial charge on any atom is -0.362 e. The summed E-state index contributed by atoms with van der Waals surface area (Å²) < 4.78 is 1.16. The van der Waals surface area contributed by atoms with Crippen molar-refractivity contribution >= 4 is 27.2 Å². The quantitative estimate of drug-likeness (QED) is 0.388. The van der Waals surface area contributed by atoms with Crippen LogP contribution in [0.5, 0.6) is 0 Å². The summed E-state index contributed by atoms with van der Waals surface area (Å²) in [5.41, 5.74) is 7.65. The SMILES string of the molecule is C=C/C=C\C(=C(/Br)CN1Cc2ccccc2-c2ccccc21)c1ccccc1. The third-order valence-electron chi connectivity index (χ3n) is 5.02. The highest BCUT2D eigenvalue weighted by molar-refractivity contribution is 9.11. The summed E-state index contributed by atoms with van der Waals surface area (Å²) in [7, 11) is 0. The first-order valence-electron chi connectivity index (χ1n) is 9.43. The van der Waals surface area contributed by atoms with Gasteiger partial charge in [-0.1, -0.05) is 114 Å². The number of benzene rings is 3. The van der Waals surface area contributed by atoms with E-state index in [0.717, 1.165) is 17.6 Å². The number of halogens is 1. The van der Waals surface area contributed by atoms with Crippen molar-refractivity contribution in [2.24, 2.45) is 0 Å². The molecule has 0 saturated carbocycles. The van der Waals surface area contributed by atoms with E-state index < -0.39 is 0 Å². The lowest BCUT2D eigenvalue weighted by molar-refractivity contribution is 0.854. The molecule has 0 aromatic heterocycles. The van der Waals surface area contributed by atoms with Gasteiger partial charge in [0.05, 0.1) is 6.54 Å². The van der Waals surface area contributed by atoms with Gasteiger partial charge >= 0.3 is 0 Å². The zero-order chi connectivity index (χ0) is 19.3. The average molecular weight is 428 g/mol. The van der Waals surface area contributed by atoms with Crippen molar-refractivity contribution < 1.29 is 0 Å². The molecule has 0 saturated heterocycles. The molecule has 1 heterocycles. The highest BCUT2D eigenvalue weighted by Crippen LogP contribution is 2.40. The summed E-state index contributed by atoms with van der Waals surface area (Å²) in [6, 6.07) is 27.8. The molecule has 0 N–H and O–H groups in total. The standard InChI is InChI=1S/C26H22BrN/c1-2-3-14-23(20-11-5-4-6-12-20)25(27)19-28-18-21-13-7-8-15-22(21)24-16-9-10-17-26(24)28/h2-17H,1,18-19H2/b14-3-,25-23+. The normalized spacial score (nSPS) is 13.7. The van der Waals surface area contributed by atoms with E-state index in [-0.39, 0.29) is 0 Å². The second-order valence-electron chi connectivity index (χ2n) is 6.81. The van der Waals surface area contributed by atoms with E-state index in [1.165, 1.54) is 33.5 Å². The topological polar surface area (TPSA) is 3.24 Å². The van der Waals surface area contributed by atoms with Gasteiger partial charge in [-0.2, -0.15) is 0 Å². The van der Waals surface area contributed by atoms with Crippen LogP contribution in [0.25, 0.3) is 16.7 Å². The second-order valence-corrected chi connectivity index (χ2v) is 7.77. The first kappa shape index (κ1) is 18.5. The second kappa shape index (κ2) is 8.45. The van der Waals surface area contributed by atoms with Crippen molar-refractivity contribution in [2.45, 2.75) is 6.54 Å². The molecular weight excluding hydrogens is 406 g/mol. The first-order valence-corrected chi connectivity index (χ1v) is 10.2. The summed E-state index contributed by atoms with van der Waals surface area (Å²) in [4.78, 5) is 2.44. The van der Waals surface area contributed by atoms with Gasteiger partial charge in [0.15, 0.2) is 0 Å². The van der Waals surface area contributed by atoms with E-state index in [0.29, 0.717) is 0 Å². The van der Waals surface area contributed by atoms with Gasteiger partial charge in [0, 0.05) is 22.3 Å². The molecule has 0 spiro atoms. The molecule has 0 unspecified atom stereocenters. The molecule has 3 aromatic carbocycles. The first-order chi connectivity index (χ1) is 13.8. The average Bonchev–Trinajstić information content (AvgIpc) is 2.75. The van der Waals surface area contributed by atoms with Crippen molar-refractivity contribution in [1.82, 2.24) is 0 Å². The summed E-state index contributed by atoms with van der Waals surface area (Å²) >= 11 is 3.89. The molecule has 1 aliphatic rings. The minimum atomic E-state index is 0.803. The van der Waals surface area contributed by atoms with E-state index >= 15 is 0 Å². The number of rotatable bonds is 5. The van der Waals surface area contributed by atoms with E-state index in [4.69, 9.17) is 0 Å². The van der Waals surface area contributed by atoms with E-state index in [9.17, 15) is 0 Å². The number of hydrogen-bond acceptors (Lipinski definition) is 1. The smallest absolute Gasteiger partial charge is 0.0505 e. The predicted molar refractivity (Wildman–Crippen MR) is 125 cm³/mol. The van der Waals surface area contributed by atoms with Crippen molar-refractivity contribution in [3.63, 3.8) is 0 Å². The van der Waals surface area contributed by atoms with Crippen molar-refractivity contribution in [2.75, 3.05) is 11.4 Å². The zero-order valence-corrected chi connectivity index (χ0v) is 17.3. The van der Waals surface area contributed by atoms with Crippen LogP contribution in [0.15, 0.2) is 108 Å². The van der Waals surface area contributed by atoms with E-state index in [1.54, 1.807) is 0 Å². The Bertz CT molecular complexity index is 1050. The molecule has 138 valence electrons. The predicted octanol–water partition coefficient (Wildman–Crippen LogP) is 7.22. The van der Waals surface area contributed by atoms with Gasteiger partial charge in [-0.3, -0.25) is 0 Å². The van der Waals surface area contributed by atoms with Crippen LogP contribution in [0, 0.1) is 0 Å². The van der Waals surface area contributed by atoms with Gasteiger partial charge in [0.1, 0.15) is 0 Å². The van der Waals surface area contributed by atoms with Crippen LogP contribution in [0.1, 0.15) is 11.1 Å². The van der Waals surface area contributed by atoms with Gasteiger partial charge in [0.25, 0.3) is 0 Å². The van der Waals surface area contributed by atoms with Crippen molar-refractivity contribution in [3.05, 3.63) is 119 Å². The molecule has 0 atom stereocenters. The lowest BCUT2D eigenvalue weighted by atomic mass is 9.93. The third-order valence-corrected chi connectivity index (χ3v) is 5.70. The fraction of sp³-hybridized carbons (Fsp3) is 0.0769. The molecule has 2 heteroatoms. The van der Waals surface area contributed by atoms with Crippen LogP contribution in [-0.2, 0) is 6.54 Å². The summed E-state index contributed by atoms with van der Waals surface area (Å²) in [5, 5.41) is 0. The summed E-state index contributed by atoms with van der Waals surface area (Å²) in [6.07, 6.45) is 5.93. The summed E-state index contributed by atoms with van der Waals surface area (Å²) in [5.74, 6) is 0. The van der Waals surface area contributed by atoms with Crippen molar-refractivity contribution in [3.8, 4) is 11.1 Å². The molecule has 0 aliphatic carbocycles. The molecule has 0 bridgehead atoms. The fourth-order valence-corrected chi connectivity index (χ4v) is 4.37. The van der Waals surface area contributed by atoms with Gasteiger partial charge in [-0.25, -0.2) is 0 Å². The molecule has 1 nitrogen and oxygen atoms in total. The molecule has 1 aliphatic heterocycles. The van der Waals surface area contributed by atoms with Crippen LogP contribution in [0.3, 0.4) is 0 Å². The molecule has 0 radical (unpaired) electrons. The number of para-hydroxylation sites is 1. The molecule has 0 fully saturated rings. The van der Waals surface area contributed by atoms with E-state index in [1.807, 2.05) is 18.2 Å². The van der Waals surface area contributed by atoms with Crippen LogP contribution in [-0.4, -0.2) is 6.54 Å². The Morgan fingerprint density at radius 2 is 1.57 bits per heavy atom. The molecule has 4 rings (SSSR count). The zero-order valence-electron chi connectivity index (χ0n) is 15.7. The fourth-order valence-electron chi connectivity index (χ4n) is 3.71. The largest absolute Gasteiger partial charge is 0.362 e. The van der Waals surface area contributed by atoms with E-state index in [2.05, 4.69) is 106 Å². The van der Waals surface area contributed by atoms with Crippen LogP contribution < -0.4 is 4.90 Å². The Hall–Kier alpha value is -2.84. The van der Waals surface area contributed by atoms with Crippen LogP contribution in [0.4, 0.5) is 5.69 Å². The highest BCUT2D eigenvalue weighted by Gasteiger charge is 2.22. The minimum absolute atomic E-state index is 0.803. The maximum absolute atomic E-state index is 3.89. The maximum atomic E-state index is 3.89. The number of anilines is 1. The molecule has 0 amide bonds. The lowest BCUT2D eigenvalue weighted by Crippen LogP contribution is -2.28. The van der Waals surface area contributed by atoms with Gasteiger partial charge in [0.2, 0.25) is 0 Å². The number of hydrogen-bond donors (Lipinski definition) is 0. The number of fused-ring (bicyclic) bond motifs is 3. The van der Waals surface area contributed by atoms with Gasteiger partial charge < -0.3 is 4.90 Å². The third kappa shape index (κ3) is 3.74. The Kier molecular flexibility index (Phi) is 5.59. The van der Waals surface area contributed by atoms with Gasteiger partial charge in [-0.15, -0.1) is 0 Å². The Balaban J connectivity index is 1.74. The highest BCUT2D eigenvalue weighted by atomic mass is 79.9. The molecule has 28 heavy (non-hydrogen) atoms. The van der Waals surface area contributed by atoms with Crippen LogP contribution in [0.2, 0.25) is 0 Å². The van der Waals surface area contributed by atoms with Gasteiger partial charge in [-0.05, 0) is 28.3 Å². The molecular formula is C26H22BrN. The number of allylic oxidation sites excluding steroid dienone is 4. The number of nitrogens with zero attached hydrogens (tertiary/aromatic N) is 1. The Morgan fingerprint density at radius 1 is 0.893 bits per heavy atom. The summed E-state index contributed by atoms with van der Waals surface area (Å²) in [6.45, 7) is 5.52. The maximum Gasteiger partial charge on any atom is 0.0505 e. The lowest BCUT2D eigenvalue weighted by Gasteiger charge is -2.33. The molecule has 3 aromatic rings. The Morgan fingerprint density at radius 3 is 2.36 bits per heavy atom. The van der Waals surface area contributed by atoms with Crippen molar-refractivity contribution in [1.29, 1.82) is 0 Å². The Labute approximate surface area is 175 Å². The van der Waals surface area contributed by atoms with Crippen LogP contribution >= 0.6 is 15.9 Å².